The van der Waals surface area contributed by atoms with Crippen molar-refractivity contribution in [3.05, 3.63) is 36.5 Å². The standard InChI is InChI=1S/C13H13F2N3O/c1-4-12(19-3)10-6-11-9(7-16-10)8-17-18(11)13(14,15)5-2/h6-8H,1,5H2,2-3H3. The zero-order chi connectivity index (χ0) is 14.0. The maximum Gasteiger partial charge on any atom is 0.343 e. The zero-order valence-electron chi connectivity index (χ0n) is 10.7. The highest BCUT2D eigenvalue weighted by atomic mass is 19.3. The van der Waals surface area contributed by atoms with E-state index in [1.165, 1.54) is 32.5 Å². The lowest BCUT2D eigenvalue weighted by Crippen LogP contribution is -2.22. The number of hydrogen-bond acceptors (Lipinski definition) is 3. The molecule has 0 amide bonds. The average Bonchev–Trinajstić information content (AvgIpc) is 2.84. The fourth-order valence-electron chi connectivity index (χ4n) is 1.72. The van der Waals surface area contributed by atoms with Crippen molar-refractivity contribution >= 4 is 16.7 Å². The van der Waals surface area contributed by atoms with Gasteiger partial charge in [-0.1, -0.05) is 19.2 Å². The van der Waals surface area contributed by atoms with Gasteiger partial charge in [-0.15, -0.1) is 0 Å². The molecule has 0 aliphatic heterocycles. The summed E-state index contributed by atoms with van der Waals surface area (Å²) < 4.78 is 33.2. The van der Waals surface area contributed by atoms with Crippen molar-refractivity contribution in [2.45, 2.75) is 19.4 Å². The number of hydrogen-bond donors (Lipinski definition) is 0. The first kappa shape index (κ1) is 13.2. The van der Waals surface area contributed by atoms with Gasteiger partial charge >= 0.3 is 6.05 Å². The third-order valence-electron chi connectivity index (χ3n) is 2.78. The van der Waals surface area contributed by atoms with Crippen LogP contribution < -0.4 is 0 Å². The summed E-state index contributed by atoms with van der Waals surface area (Å²) in [6, 6.07) is -1.55. The Bertz CT molecular complexity index is 657. The predicted molar refractivity (Wildman–Crippen MR) is 67.6 cm³/mol. The Morgan fingerprint density at radius 1 is 1.53 bits per heavy atom. The summed E-state index contributed by atoms with van der Waals surface area (Å²) in [6.07, 6.45) is 2.49. The molecule has 0 atom stereocenters. The summed E-state index contributed by atoms with van der Waals surface area (Å²) in [7, 11) is 1.44. The van der Waals surface area contributed by atoms with Crippen LogP contribution in [0.25, 0.3) is 16.7 Å². The molecule has 19 heavy (non-hydrogen) atoms. The van der Waals surface area contributed by atoms with Crippen LogP contribution in [-0.4, -0.2) is 21.9 Å². The summed E-state index contributed by atoms with van der Waals surface area (Å²) in [5, 5.41) is 4.27. The Hall–Kier alpha value is -2.20. The van der Waals surface area contributed by atoms with Crippen LogP contribution in [0, 0.1) is 0 Å². The van der Waals surface area contributed by atoms with Crippen molar-refractivity contribution in [2.24, 2.45) is 0 Å². The number of fused-ring (bicyclic) bond motifs is 1. The van der Waals surface area contributed by atoms with Crippen LogP contribution in [0.15, 0.2) is 30.8 Å². The maximum absolute atomic E-state index is 13.8. The molecule has 0 spiro atoms. The minimum atomic E-state index is -3.04. The number of nitrogens with zero attached hydrogens (tertiary/aromatic N) is 3. The summed E-state index contributed by atoms with van der Waals surface area (Å²) in [4.78, 5) is 4.11. The Labute approximate surface area is 109 Å². The van der Waals surface area contributed by atoms with Gasteiger partial charge < -0.3 is 4.74 Å². The topological polar surface area (TPSA) is 39.9 Å². The molecule has 0 saturated heterocycles. The number of rotatable bonds is 4. The lowest BCUT2D eigenvalue weighted by atomic mass is 10.2. The second kappa shape index (κ2) is 4.82. The van der Waals surface area contributed by atoms with Gasteiger partial charge in [0.25, 0.3) is 0 Å². The molecule has 2 aromatic rings. The highest BCUT2D eigenvalue weighted by molar-refractivity contribution is 5.80. The second-order valence-corrected chi connectivity index (χ2v) is 3.91. The predicted octanol–water partition coefficient (Wildman–Crippen LogP) is 3.16. The van der Waals surface area contributed by atoms with E-state index in [2.05, 4.69) is 22.4 Å². The second-order valence-electron chi connectivity index (χ2n) is 3.91. The number of alkyl halides is 2. The lowest BCUT2D eigenvalue weighted by Gasteiger charge is -2.15. The van der Waals surface area contributed by atoms with Crippen molar-refractivity contribution in [3.63, 3.8) is 0 Å². The first-order valence-electron chi connectivity index (χ1n) is 5.70. The van der Waals surface area contributed by atoms with Crippen LogP contribution in [-0.2, 0) is 10.8 Å². The maximum atomic E-state index is 13.8. The van der Waals surface area contributed by atoms with Crippen molar-refractivity contribution in [1.82, 2.24) is 14.8 Å². The smallest absolute Gasteiger partial charge is 0.343 e. The van der Waals surface area contributed by atoms with Gasteiger partial charge in [0, 0.05) is 18.0 Å². The molecule has 0 unspecified atom stereocenters. The molecule has 0 saturated carbocycles. The quantitative estimate of drug-likeness (QED) is 0.629. The number of halogens is 2. The molecule has 0 radical (unpaired) electrons. The minimum absolute atomic E-state index is 0.293. The van der Waals surface area contributed by atoms with E-state index in [0.717, 1.165) is 0 Å². The number of ether oxygens (including phenoxy) is 1. The van der Waals surface area contributed by atoms with E-state index in [1.54, 1.807) is 0 Å². The van der Waals surface area contributed by atoms with Gasteiger partial charge in [0.15, 0.2) is 5.76 Å². The molecule has 0 aliphatic carbocycles. The molecule has 6 heteroatoms. The molecular weight excluding hydrogens is 252 g/mol. The molecule has 2 rings (SSSR count). The fraction of sp³-hybridized carbons (Fsp3) is 0.308. The molecule has 0 fully saturated rings. The summed E-state index contributed by atoms with van der Waals surface area (Å²) in [6.45, 7) is 4.87. The molecule has 4 nitrogen and oxygen atoms in total. The highest BCUT2D eigenvalue weighted by Crippen LogP contribution is 2.29. The molecule has 0 aromatic carbocycles. The van der Waals surface area contributed by atoms with E-state index >= 15 is 0 Å². The van der Waals surface area contributed by atoms with Gasteiger partial charge in [0.05, 0.1) is 18.8 Å². The molecule has 2 aromatic heterocycles. The molecule has 2 heterocycles. The summed E-state index contributed by atoms with van der Waals surface area (Å²) in [5.41, 5.74) is 3.24. The molecular formula is C13H13F2N3O. The minimum Gasteiger partial charge on any atom is -0.487 e. The van der Waals surface area contributed by atoms with Crippen LogP contribution >= 0.6 is 0 Å². The molecule has 0 bridgehead atoms. The number of aromatic nitrogens is 3. The molecule has 0 N–H and O–H groups in total. The largest absolute Gasteiger partial charge is 0.487 e. The fourth-order valence-corrected chi connectivity index (χ4v) is 1.72. The van der Waals surface area contributed by atoms with E-state index in [0.29, 0.717) is 27.0 Å². The summed E-state index contributed by atoms with van der Waals surface area (Å²) in [5.74, 6) is 0.300. The normalized spacial score (nSPS) is 11.4. The van der Waals surface area contributed by atoms with Crippen LogP contribution in [0.1, 0.15) is 19.0 Å². The van der Waals surface area contributed by atoms with E-state index in [-0.39, 0.29) is 6.42 Å². The van der Waals surface area contributed by atoms with E-state index in [4.69, 9.17) is 4.74 Å². The highest BCUT2D eigenvalue weighted by Gasteiger charge is 2.31. The van der Waals surface area contributed by atoms with Crippen molar-refractivity contribution < 1.29 is 13.5 Å². The Kier molecular flexibility index (Phi) is 3.36. The van der Waals surface area contributed by atoms with Gasteiger partial charge in [-0.05, 0) is 6.07 Å². The van der Waals surface area contributed by atoms with Gasteiger partial charge in [-0.2, -0.15) is 13.9 Å². The Morgan fingerprint density at radius 2 is 2.26 bits per heavy atom. The first-order valence-corrected chi connectivity index (χ1v) is 5.70. The van der Waals surface area contributed by atoms with Crippen LogP contribution in [0.3, 0.4) is 0 Å². The first-order chi connectivity index (χ1) is 9.03. The zero-order valence-corrected chi connectivity index (χ0v) is 10.7. The SMILES string of the molecule is C=C=C(OC)c1cc2c(cn1)cnn2C(F)(F)CC. The molecule has 100 valence electrons. The lowest BCUT2D eigenvalue weighted by molar-refractivity contribution is -0.0910. The van der Waals surface area contributed by atoms with Crippen molar-refractivity contribution in [3.8, 4) is 0 Å². The number of pyridine rings is 1. The Morgan fingerprint density at radius 3 is 2.84 bits per heavy atom. The third-order valence-corrected chi connectivity index (χ3v) is 2.78. The van der Waals surface area contributed by atoms with E-state index in [9.17, 15) is 8.78 Å². The van der Waals surface area contributed by atoms with Gasteiger partial charge in [-0.3, -0.25) is 4.98 Å². The van der Waals surface area contributed by atoms with Crippen LogP contribution in [0.2, 0.25) is 0 Å². The van der Waals surface area contributed by atoms with Crippen LogP contribution in [0.5, 0.6) is 0 Å². The van der Waals surface area contributed by atoms with Crippen LogP contribution in [0.4, 0.5) is 8.78 Å². The number of methoxy groups -OCH3 is 1. The van der Waals surface area contributed by atoms with Crippen molar-refractivity contribution in [2.75, 3.05) is 7.11 Å². The van der Waals surface area contributed by atoms with E-state index < -0.39 is 6.05 Å². The van der Waals surface area contributed by atoms with Gasteiger partial charge in [-0.25, -0.2) is 4.68 Å². The monoisotopic (exact) mass is 265 g/mol. The van der Waals surface area contributed by atoms with Gasteiger partial charge in [0.2, 0.25) is 0 Å². The van der Waals surface area contributed by atoms with Crippen molar-refractivity contribution in [1.29, 1.82) is 0 Å². The summed E-state index contributed by atoms with van der Waals surface area (Å²) >= 11 is 0. The third kappa shape index (κ3) is 2.22. The van der Waals surface area contributed by atoms with E-state index in [1.807, 2.05) is 0 Å². The molecule has 0 aliphatic rings. The average molecular weight is 265 g/mol. The Balaban J connectivity index is 2.64. The van der Waals surface area contributed by atoms with Gasteiger partial charge in [0.1, 0.15) is 5.69 Å².